The van der Waals surface area contributed by atoms with Gasteiger partial charge in [0, 0.05) is 44.8 Å². The number of piperidine rings is 1. The first-order chi connectivity index (χ1) is 16.9. The minimum absolute atomic E-state index is 0.0134. The molecular formula is C26H37FN4O4S. The molecule has 3 rings (SSSR count). The van der Waals surface area contributed by atoms with Gasteiger partial charge in [0.05, 0.1) is 17.7 Å². The van der Waals surface area contributed by atoms with Crippen molar-refractivity contribution in [3.63, 3.8) is 0 Å². The first kappa shape index (κ1) is 27.9. The van der Waals surface area contributed by atoms with Crippen LogP contribution in [-0.2, 0) is 14.8 Å². The van der Waals surface area contributed by atoms with Gasteiger partial charge in [-0.05, 0) is 82.2 Å². The number of hydrogen-bond acceptors (Lipinski definition) is 6. The molecule has 0 unspecified atom stereocenters. The van der Waals surface area contributed by atoms with Gasteiger partial charge in [0.1, 0.15) is 11.6 Å². The molecule has 10 heteroatoms. The lowest BCUT2D eigenvalue weighted by atomic mass is 10.0. The zero-order chi connectivity index (χ0) is 26.6. The lowest BCUT2D eigenvalue weighted by Crippen LogP contribution is -2.42. The third kappa shape index (κ3) is 6.35. The number of carbonyl (C=O) groups is 1. The number of aryl methyl sites for hydroxylation is 2. The molecule has 1 heterocycles. The van der Waals surface area contributed by atoms with Crippen molar-refractivity contribution in [1.29, 1.82) is 0 Å². The summed E-state index contributed by atoms with van der Waals surface area (Å²) in [4.78, 5) is 17.0. The van der Waals surface area contributed by atoms with E-state index in [1.165, 1.54) is 20.2 Å². The van der Waals surface area contributed by atoms with Gasteiger partial charge in [0.25, 0.3) is 0 Å². The molecular weight excluding hydrogens is 483 g/mol. The Balaban J connectivity index is 1.59. The van der Waals surface area contributed by atoms with Crippen molar-refractivity contribution in [2.45, 2.75) is 44.0 Å². The third-order valence-electron chi connectivity index (χ3n) is 6.76. The van der Waals surface area contributed by atoms with Crippen LogP contribution in [0.3, 0.4) is 0 Å². The number of nitrogens with zero attached hydrogens (tertiary/aromatic N) is 3. The maximum atomic E-state index is 14.8. The maximum Gasteiger partial charge on any atom is 0.243 e. The summed E-state index contributed by atoms with van der Waals surface area (Å²) in [7, 11) is 3.30. The highest BCUT2D eigenvalue weighted by Crippen LogP contribution is 2.29. The van der Waals surface area contributed by atoms with Crippen LogP contribution in [0.4, 0.5) is 15.8 Å². The van der Waals surface area contributed by atoms with E-state index in [9.17, 15) is 17.6 Å². The molecule has 2 aromatic carbocycles. The second-order valence-electron chi connectivity index (χ2n) is 9.56. The highest BCUT2D eigenvalue weighted by atomic mass is 32.2. The fourth-order valence-electron chi connectivity index (χ4n) is 4.66. The Hall–Kier alpha value is -2.69. The molecule has 1 aliphatic rings. The number of nitrogens with one attached hydrogen (secondary N) is 1. The molecule has 1 N–H and O–H groups in total. The van der Waals surface area contributed by atoms with Gasteiger partial charge < -0.3 is 19.9 Å². The van der Waals surface area contributed by atoms with Crippen LogP contribution in [0.5, 0.6) is 5.75 Å². The molecule has 36 heavy (non-hydrogen) atoms. The Morgan fingerprint density at radius 2 is 1.72 bits per heavy atom. The van der Waals surface area contributed by atoms with Crippen LogP contribution >= 0.6 is 0 Å². The summed E-state index contributed by atoms with van der Waals surface area (Å²) in [5, 5.41) is 2.68. The van der Waals surface area contributed by atoms with E-state index < -0.39 is 10.0 Å². The lowest BCUT2D eigenvalue weighted by Gasteiger charge is -2.36. The summed E-state index contributed by atoms with van der Waals surface area (Å²) in [6.07, 6.45) is 1.87. The Morgan fingerprint density at radius 1 is 1.11 bits per heavy atom. The summed E-state index contributed by atoms with van der Waals surface area (Å²) in [5.41, 5.74) is 2.02. The van der Waals surface area contributed by atoms with Crippen LogP contribution in [0.25, 0.3) is 0 Å². The summed E-state index contributed by atoms with van der Waals surface area (Å²) in [6, 6.07) is 8.52. The van der Waals surface area contributed by atoms with Crippen molar-refractivity contribution in [3.05, 3.63) is 47.3 Å². The van der Waals surface area contributed by atoms with Gasteiger partial charge in [-0.3, -0.25) is 4.79 Å². The molecule has 0 atom stereocenters. The highest BCUT2D eigenvalue weighted by Gasteiger charge is 2.26. The van der Waals surface area contributed by atoms with Crippen LogP contribution in [0.15, 0.2) is 35.2 Å². The number of anilines is 2. The number of amides is 1. The molecule has 1 fully saturated rings. The lowest BCUT2D eigenvalue weighted by molar-refractivity contribution is -0.116. The van der Waals surface area contributed by atoms with Gasteiger partial charge >= 0.3 is 0 Å². The van der Waals surface area contributed by atoms with E-state index in [0.717, 1.165) is 30.2 Å². The Morgan fingerprint density at radius 3 is 2.25 bits per heavy atom. The van der Waals surface area contributed by atoms with Gasteiger partial charge in [0.15, 0.2) is 0 Å². The molecule has 198 valence electrons. The van der Waals surface area contributed by atoms with Crippen LogP contribution in [-0.4, -0.2) is 77.5 Å². The number of methoxy groups -OCH3 is 1. The predicted molar refractivity (Wildman–Crippen MR) is 141 cm³/mol. The van der Waals surface area contributed by atoms with Gasteiger partial charge in [-0.15, -0.1) is 0 Å². The number of hydrogen-bond donors (Lipinski definition) is 1. The SMILES string of the molecule is COc1cc(C)c(S(=O)(=O)N(C)CCC(=O)Nc2ccc(N3CCC(N(C)C)CC3)c(F)c2)c(C)c1. The first-order valence-electron chi connectivity index (χ1n) is 12.1. The molecule has 1 amide bonds. The van der Waals surface area contributed by atoms with Gasteiger partial charge in [-0.25, -0.2) is 17.1 Å². The maximum absolute atomic E-state index is 14.8. The molecule has 0 aromatic heterocycles. The monoisotopic (exact) mass is 520 g/mol. The fraction of sp³-hybridized carbons (Fsp3) is 0.500. The second kappa shape index (κ2) is 11.6. The van der Waals surface area contributed by atoms with E-state index in [4.69, 9.17) is 4.74 Å². The van der Waals surface area contributed by atoms with Crippen molar-refractivity contribution in [2.24, 2.45) is 0 Å². The molecule has 1 aliphatic heterocycles. The standard InChI is InChI=1S/C26H37FN4O4S/c1-18-15-22(35-6)16-19(2)26(18)36(33,34)30(5)12-11-25(32)28-20-7-8-24(23(27)17-20)31-13-9-21(10-14-31)29(3)4/h7-8,15-17,21H,9-14H2,1-6H3,(H,28,32). The predicted octanol–water partition coefficient (Wildman–Crippen LogP) is 3.63. The molecule has 0 aliphatic carbocycles. The van der Waals surface area contributed by atoms with E-state index in [-0.39, 0.29) is 29.6 Å². The average Bonchev–Trinajstić information content (AvgIpc) is 2.82. The van der Waals surface area contributed by atoms with Crippen molar-refractivity contribution in [1.82, 2.24) is 9.21 Å². The van der Waals surface area contributed by atoms with E-state index >= 15 is 0 Å². The number of ether oxygens (including phenoxy) is 1. The molecule has 2 aromatic rings. The number of carbonyl (C=O) groups excluding carboxylic acids is 1. The minimum Gasteiger partial charge on any atom is -0.497 e. The van der Waals surface area contributed by atoms with Gasteiger partial charge in [-0.2, -0.15) is 0 Å². The second-order valence-corrected chi connectivity index (χ2v) is 11.5. The number of halogens is 1. The van der Waals surface area contributed by atoms with E-state index in [1.807, 2.05) is 4.90 Å². The molecule has 0 spiro atoms. The van der Waals surface area contributed by atoms with Crippen molar-refractivity contribution in [2.75, 3.05) is 58.1 Å². The first-order valence-corrected chi connectivity index (χ1v) is 13.5. The average molecular weight is 521 g/mol. The summed E-state index contributed by atoms with van der Waals surface area (Å²) in [6.45, 7) is 4.97. The van der Waals surface area contributed by atoms with Crippen LogP contribution < -0.4 is 15.0 Å². The topological polar surface area (TPSA) is 82.2 Å². The summed E-state index contributed by atoms with van der Waals surface area (Å²) >= 11 is 0. The molecule has 0 bridgehead atoms. The molecule has 8 nitrogen and oxygen atoms in total. The Labute approximate surface area is 214 Å². The summed E-state index contributed by atoms with van der Waals surface area (Å²) < 4.78 is 47.5. The summed E-state index contributed by atoms with van der Waals surface area (Å²) in [5.74, 6) is -0.192. The van der Waals surface area contributed by atoms with Crippen molar-refractivity contribution < 1.29 is 22.3 Å². The normalized spacial score (nSPS) is 15.0. The van der Waals surface area contributed by atoms with E-state index in [0.29, 0.717) is 34.3 Å². The van der Waals surface area contributed by atoms with Crippen LogP contribution in [0, 0.1) is 19.7 Å². The smallest absolute Gasteiger partial charge is 0.243 e. The zero-order valence-corrected chi connectivity index (χ0v) is 22.8. The minimum atomic E-state index is -3.80. The van der Waals surface area contributed by atoms with Crippen molar-refractivity contribution in [3.8, 4) is 5.75 Å². The number of rotatable bonds is 9. The van der Waals surface area contributed by atoms with Gasteiger partial charge in [0.2, 0.25) is 15.9 Å². The molecule has 1 saturated heterocycles. The largest absolute Gasteiger partial charge is 0.497 e. The molecule has 0 saturated carbocycles. The highest BCUT2D eigenvalue weighted by molar-refractivity contribution is 7.89. The Bertz CT molecular complexity index is 1170. The van der Waals surface area contributed by atoms with Crippen LogP contribution in [0.1, 0.15) is 30.4 Å². The van der Waals surface area contributed by atoms with E-state index in [2.05, 4.69) is 24.3 Å². The van der Waals surface area contributed by atoms with Gasteiger partial charge in [-0.1, -0.05) is 0 Å². The fourth-order valence-corrected chi connectivity index (χ4v) is 6.23. The van der Waals surface area contributed by atoms with E-state index in [1.54, 1.807) is 38.1 Å². The quantitative estimate of drug-likeness (QED) is 0.544. The number of sulfonamides is 1. The van der Waals surface area contributed by atoms with Crippen molar-refractivity contribution >= 4 is 27.3 Å². The Kier molecular flexibility index (Phi) is 8.97. The zero-order valence-electron chi connectivity index (χ0n) is 22.0. The third-order valence-corrected chi connectivity index (χ3v) is 8.92. The molecule has 0 radical (unpaired) electrons. The number of benzene rings is 2. The van der Waals surface area contributed by atoms with Crippen LogP contribution in [0.2, 0.25) is 0 Å².